The highest BCUT2D eigenvalue weighted by Crippen LogP contribution is 2.33. The highest BCUT2D eigenvalue weighted by molar-refractivity contribution is 6.00. The number of ketones is 1. The summed E-state index contributed by atoms with van der Waals surface area (Å²) < 4.78 is 41.1. The van der Waals surface area contributed by atoms with Crippen molar-refractivity contribution in [1.82, 2.24) is 19.4 Å². The van der Waals surface area contributed by atoms with E-state index in [0.717, 1.165) is 79.6 Å². The van der Waals surface area contributed by atoms with Gasteiger partial charge in [0.25, 0.3) is 0 Å². The highest BCUT2D eigenvalue weighted by Gasteiger charge is 2.30. The zero-order chi connectivity index (χ0) is 28.6. The molecule has 1 fully saturated rings. The van der Waals surface area contributed by atoms with Gasteiger partial charge in [0.2, 0.25) is 0 Å². The van der Waals surface area contributed by atoms with Crippen molar-refractivity contribution in [1.29, 1.82) is 0 Å². The summed E-state index contributed by atoms with van der Waals surface area (Å²) in [7, 11) is 2.08. The number of nitrogens with zero attached hydrogens (tertiary/aromatic N) is 4. The number of piperidine rings is 1. The Morgan fingerprint density at radius 3 is 2.41 bits per heavy atom. The molecule has 0 aliphatic carbocycles. The van der Waals surface area contributed by atoms with Crippen LogP contribution in [0.3, 0.4) is 0 Å². The zero-order valence-electron chi connectivity index (χ0n) is 23.3. The number of benzene rings is 2. The molecule has 2 aliphatic heterocycles. The fourth-order valence-corrected chi connectivity index (χ4v) is 6.48. The van der Waals surface area contributed by atoms with Gasteiger partial charge in [-0.3, -0.25) is 19.6 Å². The molecule has 2 aromatic heterocycles. The number of aromatic nitrogens is 2. The number of carbonyl (C=O) groups excluding carboxylic acids is 1. The maximum atomic E-state index is 13.4. The van der Waals surface area contributed by atoms with Crippen molar-refractivity contribution >= 4 is 16.7 Å². The van der Waals surface area contributed by atoms with Crippen LogP contribution < -0.4 is 0 Å². The van der Waals surface area contributed by atoms with Gasteiger partial charge in [-0.25, -0.2) is 0 Å². The number of alkyl halides is 3. The lowest BCUT2D eigenvalue weighted by Gasteiger charge is -2.31. The van der Waals surface area contributed by atoms with Crippen LogP contribution in [0.1, 0.15) is 57.6 Å². The molecule has 0 N–H and O–H groups in total. The molecule has 2 aromatic carbocycles. The Labute approximate surface area is 238 Å². The summed E-state index contributed by atoms with van der Waals surface area (Å²) in [5.74, 6) is 0.597. The highest BCUT2D eigenvalue weighted by atomic mass is 19.4. The number of carbonyl (C=O) groups is 1. The van der Waals surface area contributed by atoms with Crippen LogP contribution in [0.5, 0.6) is 0 Å². The molecule has 214 valence electrons. The van der Waals surface area contributed by atoms with Crippen LogP contribution in [0, 0.1) is 5.92 Å². The average Bonchev–Trinajstić information content (AvgIpc) is 3.25. The molecule has 0 amide bonds. The quantitative estimate of drug-likeness (QED) is 0.238. The van der Waals surface area contributed by atoms with E-state index in [1.165, 1.54) is 16.8 Å². The standard InChI is InChI=1S/C33H35F3N4O/c1-38-30-9-6-26(32(41)17-23-10-14-39(15-11-23)21-25-3-2-13-37-19-25)18-28(30)29-22-40(16-12-31(29)38)20-24-4-7-27(8-5-24)33(34,35)36/h2-9,13,18-19,23H,10-12,14-17,20-22H2,1H3. The van der Waals surface area contributed by atoms with E-state index in [4.69, 9.17) is 0 Å². The Kier molecular flexibility index (Phi) is 7.70. The van der Waals surface area contributed by atoms with Crippen LogP contribution >= 0.6 is 0 Å². The predicted molar refractivity (Wildman–Crippen MR) is 153 cm³/mol. The zero-order valence-corrected chi connectivity index (χ0v) is 23.3. The first kappa shape index (κ1) is 27.7. The lowest BCUT2D eigenvalue weighted by atomic mass is 9.89. The fraction of sp³-hybridized carbons (Fsp3) is 0.394. The molecule has 2 aliphatic rings. The van der Waals surface area contributed by atoms with E-state index < -0.39 is 11.7 Å². The molecule has 4 aromatic rings. The maximum absolute atomic E-state index is 13.4. The van der Waals surface area contributed by atoms with Crippen molar-refractivity contribution in [3.05, 3.63) is 101 Å². The molecular formula is C33H35F3N4O. The third-order valence-corrected chi connectivity index (χ3v) is 8.80. The predicted octanol–water partition coefficient (Wildman–Crippen LogP) is 6.64. The van der Waals surface area contributed by atoms with E-state index in [1.54, 1.807) is 18.3 Å². The number of Topliss-reactive ketones (excluding diaryl/α,β-unsaturated/α-hetero) is 1. The van der Waals surface area contributed by atoms with Gasteiger partial charge in [0.05, 0.1) is 5.56 Å². The molecular weight excluding hydrogens is 525 g/mol. The Morgan fingerprint density at radius 1 is 0.951 bits per heavy atom. The SMILES string of the molecule is Cn1c2c(c3cc(C(=O)CC4CCN(Cc5cccnc5)CC4)ccc31)CN(Cc1ccc(C(F)(F)F)cc1)CC2. The number of hydrogen-bond donors (Lipinski definition) is 0. The Hall–Kier alpha value is -3.49. The molecule has 41 heavy (non-hydrogen) atoms. The molecule has 4 heterocycles. The van der Waals surface area contributed by atoms with Crippen LogP contribution in [0.15, 0.2) is 67.0 Å². The van der Waals surface area contributed by atoms with Gasteiger partial charge < -0.3 is 4.57 Å². The van der Waals surface area contributed by atoms with Crippen LogP contribution in [-0.4, -0.2) is 44.8 Å². The van der Waals surface area contributed by atoms with Crippen molar-refractivity contribution in [3.63, 3.8) is 0 Å². The number of rotatable bonds is 7. The number of fused-ring (bicyclic) bond motifs is 3. The normalized spacial score (nSPS) is 17.2. The van der Waals surface area contributed by atoms with Gasteiger partial charge in [-0.1, -0.05) is 18.2 Å². The molecule has 0 radical (unpaired) electrons. The Morgan fingerprint density at radius 2 is 1.71 bits per heavy atom. The van der Waals surface area contributed by atoms with E-state index in [0.29, 0.717) is 25.4 Å². The largest absolute Gasteiger partial charge is 0.416 e. The van der Waals surface area contributed by atoms with Gasteiger partial charge in [-0.05, 0) is 84.9 Å². The second-order valence-electron chi connectivity index (χ2n) is 11.6. The van der Waals surface area contributed by atoms with E-state index >= 15 is 0 Å². The van der Waals surface area contributed by atoms with Gasteiger partial charge >= 0.3 is 6.18 Å². The van der Waals surface area contributed by atoms with Gasteiger partial charge in [0, 0.05) is 80.6 Å². The van der Waals surface area contributed by atoms with Gasteiger partial charge in [-0.15, -0.1) is 0 Å². The fourth-order valence-electron chi connectivity index (χ4n) is 6.48. The number of pyridine rings is 1. The topological polar surface area (TPSA) is 41.4 Å². The summed E-state index contributed by atoms with van der Waals surface area (Å²) in [6.45, 7) is 5.02. The molecule has 0 spiro atoms. The second-order valence-corrected chi connectivity index (χ2v) is 11.6. The van der Waals surface area contributed by atoms with Crippen LogP contribution in [-0.2, 0) is 39.3 Å². The van der Waals surface area contributed by atoms with E-state index in [2.05, 4.69) is 44.6 Å². The van der Waals surface area contributed by atoms with Crippen molar-refractivity contribution in [2.75, 3.05) is 19.6 Å². The van der Waals surface area contributed by atoms with Gasteiger partial charge in [0.1, 0.15) is 0 Å². The summed E-state index contributed by atoms with van der Waals surface area (Å²) >= 11 is 0. The molecule has 0 bridgehead atoms. The molecule has 6 rings (SSSR count). The molecule has 1 saturated heterocycles. The minimum atomic E-state index is -4.33. The summed E-state index contributed by atoms with van der Waals surface area (Å²) in [5, 5.41) is 1.11. The van der Waals surface area contributed by atoms with E-state index in [-0.39, 0.29) is 5.78 Å². The summed E-state index contributed by atoms with van der Waals surface area (Å²) in [4.78, 5) is 22.3. The number of likely N-dealkylation sites (tertiary alicyclic amines) is 1. The third-order valence-electron chi connectivity index (χ3n) is 8.80. The van der Waals surface area contributed by atoms with Crippen LogP contribution in [0.25, 0.3) is 10.9 Å². The molecule has 0 saturated carbocycles. The lowest BCUT2D eigenvalue weighted by molar-refractivity contribution is -0.137. The minimum Gasteiger partial charge on any atom is -0.347 e. The summed E-state index contributed by atoms with van der Waals surface area (Å²) in [5.41, 5.74) is 5.84. The number of halogens is 3. The lowest BCUT2D eigenvalue weighted by Crippen LogP contribution is -2.33. The van der Waals surface area contributed by atoms with Gasteiger partial charge in [-0.2, -0.15) is 13.2 Å². The first-order valence-corrected chi connectivity index (χ1v) is 14.4. The first-order chi connectivity index (χ1) is 19.7. The maximum Gasteiger partial charge on any atom is 0.416 e. The third kappa shape index (κ3) is 6.09. The number of hydrogen-bond acceptors (Lipinski definition) is 4. The van der Waals surface area contributed by atoms with Gasteiger partial charge in [0.15, 0.2) is 5.78 Å². The van der Waals surface area contributed by atoms with Crippen LogP contribution in [0.4, 0.5) is 13.2 Å². The van der Waals surface area contributed by atoms with Crippen molar-refractivity contribution in [2.24, 2.45) is 13.0 Å². The van der Waals surface area contributed by atoms with Crippen LogP contribution in [0.2, 0.25) is 0 Å². The minimum absolute atomic E-state index is 0.202. The summed E-state index contributed by atoms with van der Waals surface area (Å²) in [6, 6.07) is 15.6. The first-order valence-electron chi connectivity index (χ1n) is 14.4. The number of aryl methyl sites for hydroxylation is 1. The second kappa shape index (κ2) is 11.4. The molecule has 0 atom stereocenters. The van der Waals surface area contributed by atoms with Crippen molar-refractivity contribution in [2.45, 2.75) is 51.5 Å². The van der Waals surface area contributed by atoms with Crippen molar-refractivity contribution in [3.8, 4) is 0 Å². The van der Waals surface area contributed by atoms with Crippen molar-refractivity contribution < 1.29 is 18.0 Å². The average molecular weight is 561 g/mol. The molecule has 0 unspecified atom stereocenters. The Balaban J connectivity index is 1.11. The monoisotopic (exact) mass is 560 g/mol. The summed E-state index contributed by atoms with van der Waals surface area (Å²) in [6.07, 6.45) is 2.87. The molecule has 5 nitrogen and oxygen atoms in total. The molecule has 8 heteroatoms. The van der Waals surface area contributed by atoms with E-state index in [9.17, 15) is 18.0 Å². The smallest absolute Gasteiger partial charge is 0.347 e. The Bertz CT molecular complexity index is 1520. The van der Waals surface area contributed by atoms with E-state index in [1.807, 2.05) is 18.3 Å².